The van der Waals surface area contributed by atoms with Crippen LogP contribution in [0.2, 0.25) is 0 Å². The Kier molecular flexibility index (Phi) is 5.10. The Balaban J connectivity index is 1.58. The number of benzene rings is 1. The van der Waals surface area contributed by atoms with E-state index in [0.29, 0.717) is 23.5 Å². The maximum absolute atomic E-state index is 13.0. The molecule has 0 amide bonds. The number of anilines is 2. The van der Waals surface area contributed by atoms with Crippen LogP contribution in [0.5, 0.6) is 0 Å². The lowest BCUT2D eigenvalue weighted by Gasteiger charge is -2.18. The van der Waals surface area contributed by atoms with Gasteiger partial charge in [-0.05, 0) is 43.1 Å². The summed E-state index contributed by atoms with van der Waals surface area (Å²) in [7, 11) is 0. The van der Waals surface area contributed by atoms with E-state index in [1.165, 1.54) is 22.5 Å². The van der Waals surface area contributed by atoms with E-state index in [0.717, 1.165) is 36.0 Å². The van der Waals surface area contributed by atoms with Crippen molar-refractivity contribution in [3.8, 4) is 5.13 Å². The predicted octanol–water partition coefficient (Wildman–Crippen LogP) is 3.75. The van der Waals surface area contributed by atoms with Gasteiger partial charge in [0.1, 0.15) is 5.39 Å². The van der Waals surface area contributed by atoms with E-state index in [4.69, 9.17) is 9.97 Å². The molecule has 166 valence electrons. The van der Waals surface area contributed by atoms with Gasteiger partial charge in [0.25, 0.3) is 5.56 Å². The third-order valence-electron chi connectivity index (χ3n) is 5.77. The molecule has 0 spiro atoms. The molecule has 0 saturated carbocycles. The molecule has 0 aliphatic carbocycles. The van der Waals surface area contributed by atoms with Crippen molar-refractivity contribution in [1.29, 1.82) is 0 Å². The van der Waals surface area contributed by atoms with Gasteiger partial charge in [0.2, 0.25) is 11.1 Å². The fraction of sp³-hybridized carbons (Fsp3) is 0.391. The predicted molar refractivity (Wildman–Crippen MR) is 128 cm³/mol. The van der Waals surface area contributed by atoms with Gasteiger partial charge in [-0.25, -0.2) is 19.3 Å². The second kappa shape index (κ2) is 7.83. The minimum atomic E-state index is -0.108. The standard InChI is InChI=1S/C23H27N7OS/c1-5-29-20(31)17-12-25-21(26-16-7-6-15-11-24-9-8-14(15)10-16)28-19(17)30(29)22-27-18(13-32-22)23(2,3)4/h6-7,10,12-13,24H,5,8-9,11H2,1-4H3,(H,25,26,28). The van der Waals surface area contributed by atoms with Crippen molar-refractivity contribution in [2.75, 3.05) is 11.9 Å². The molecule has 1 aromatic carbocycles. The van der Waals surface area contributed by atoms with Gasteiger partial charge in [-0.3, -0.25) is 4.79 Å². The first kappa shape index (κ1) is 20.8. The van der Waals surface area contributed by atoms with Crippen LogP contribution in [0.15, 0.2) is 34.6 Å². The maximum atomic E-state index is 13.0. The first-order valence-corrected chi connectivity index (χ1v) is 11.8. The number of nitrogens with one attached hydrogen (secondary N) is 2. The third kappa shape index (κ3) is 3.61. The highest BCUT2D eigenvalue weighted by Gasteiger charge is 2.22. The van der Waals surface area contributed by atoms with E-state index >= 15 is 0 Å². The highest BCUT2D eigenvalue weighted by atomic mass is 32.1. The molecule has 0 bridgehead atoms. The van der Waals surface area contributed by atoms with Gasteiger partial charge in [-0.1, -0.05) is 26.8 Å². The molecule has 9 heteroatoms. The van der Waals surface area contributed by atoms with E-state index in [1.807, 2.05) is 23.1 Å². The highest BCUT2D eigenvalue weighted by Crippen LogP contribution is 2.28. The number of hydrogen-bond donors (Lipinski definition) is 2. The summed E-state index contributed by atoms with van der Waals surface area (Å²) in [4.78, 5) is 27.0. The largest absolute Gasteiger partial charge is 0.324 e. The SMILES string of the molecule is CCn1c(=O)c2cnc(Nc3ccc4c(c3)CCNC4)nc2n1-c1nc(C(C)(C)C)cs1. The maximum Gasteiger partial charge on any atom is 0.278 e. The number of aromatic nitrogens is 5. The minimum Gasteiger partial charge on any atom is -0.324 e. The molecular weight excluding hydrogens is 422 g/mol. The van der Waals surface area contributed by atoms with Crippen molar-refractivity contribution in [2.24, 2.45) is 0 Å². The van der Waals surface area contributed by atoms with E-state index < -0.39 is 0 Å². The number of fused-ring (bicyclic) bond motifs is 2. The molecule has 0 atom stereocenters. The van der Waals surface area contributed by atoms with Crippen LogP contribution in [0, 0.1) is 0 Å². The molecule has 1 aliphatic heterocycles. The molecule has 0 saturated heterocycles. The fourth-order valence-corrected chi connectivity index (χ4v) is 5.02. The number of nitrogens with zero attached hydrogens (tertiary/aromatic N) is 5. The van der Waals surface area contributed by atoms with Crippen molar-refractivity contribution < 1.29 is 0 Å². The van der Waals surface area contributed by atoms with Crippen LogP contribution in [0.25, 0.3) is 16.2 Å². The average Bonchev–Trinajstić information content (AvgIpc) is 3.36. The summed E-state index contributed by atoms with van der Waals surface area (Å²) >= 11 is 1.52. The monoisotopic (exact) mass is 449 g/mol. The second-order valence-corrected chi connectivity index (χ2v) is 9.90. The number of thiazole rings is 1. The smallest absolute Gasteiger partial charge is 0.278 e. The van der Waals surface area contributed by atoms with Gasteiger partial charge in [-0.2, -0.15) is 4.98 Å². The molecule has 4 heterocycles. The van der Waals surface area contributed by atoms with Crippen molar-refractivity contribution in [1.82, 2.24) is 29.6 Å². The van der Waals surface area contributed by atoms with Crippen LogP contribution in [0.3, 0.4) is 0 Å². The van der Waals surface area contributed by atoms with Gasteiger partial charge in [0.05, 0.1) is 5.69 Å². The van der Waals surface area contributed by atoms with Crippen LogP contribution in [0.4, 0.5) is 11.6 Å². The first-order chi connectivity index (χ1) is 15.3. The molecule has 32 heavy (non-hydrogen) atoms. The summed E-state index contributed by atoms with van der Waals surface area (Å²) in [6.07, 6.45) is 2.61. The minimum absolute atomic E-state index is 0.0707. The fourth-order valence-electron chi connectivity index (χ4n) is 3.96. The van der Waals surface area contributed by atoms with Crippen molar-refractivity contribution in [3.63, 3.8) is 0 Å². The Morgan fingerprint density at radius 3 is 2.81 bits per heavy atom. The average molecular weight is 450 g/mol. The molecule has 0 radical (unpaired) electrons. The van der Waals surface area contributed by atoms with Crippen LogP contribution >= 0.6 is 11.3 Å². The Bertz CT molecular complexity index is 1360. The summed E-state index contributed by atoms with van der Waals surface area (Å²) in [6.45, 7) is 10.7. The van der Waals surface area contributed by atoms with Gasteiger partial charge in [-0.15, -0.1) is 11.3 Å². The van der Waals surface area contributed by atoms with E-state index in [-0.39, 0.29) is 11.0 Å². The quantitative estimate of drug-likeness (QED) is 0.493. The summed E-state index contributed by atoms with van der Waals surface area (Å²) in [5.41, 5.74) is 4.98. The lowest BCUT2D eigenvalue weighted by Crippen LogP contribution is -2.23. The zero-order valence-corrected chi connectivity index (χ0v) is 19.6. The van der Waals surface area contributed by atoms with Crippen LogP contribution in [-0.4, -0.2) is 30.9 Å². The van der Waals surface area contributed by atoms with Crippen LogP contribution in [-0.2, 0) is 24.9 Å². The molecule has 8 nitrogen and oxygen atoms in total. The third-order valence-corrected chi connectivity index (χ3v) is 6.58. The molecule has 3 aromatic heterocycles. The summed E-state index contributed by atoms with van der Waals surface area (Å²) < 4.78 is 3.49. The Morgan fingerprint density at radius 2 is 2.06 bits per heavy atom. The Hall–Kier alpha value is -3.04. The van der Waals surface area contributed by atoms with Crippen molar-refractivity contribution in [2.45, 2.75) is 52.6 Å². The van der Waals surface area contributed by atoms with Crippen molar-refractivity contribution in [3.05, 3.63) is 57.0 Å². The summed E-state index contributed by atoms with van der Waals surface area (Å²) in [6, 6.07) is 6.33. The van der Waals surface area contributed by atoms with Crippen LogP contribution < -0.4 is 16.2 Å². The second-order valence-electron chi connectivity index (χ2n) is 9.06. The normalized spacial score (nSPS) is 14.0. The number of hydrogen-bond acceptors (Lipinski definition) is 7. The van der Waals surface area contributed by atoms with Gasteiger partial charge < -0.3 is 10.6 Å². The lowest BCUT2D eigenvalue weighted by molar-refractivity contribution is 0.554. The molecule has 0 unspecified atom stereocenters. The lowest BCUT2D eigenvalue weighted by atomic mass is 9.93. The molecule has 2 N–H and O–H groups in total. The molecule has 0 fully saturated rings. The van der Waals surface area contributed by atoms with E-state index in [1.54, 1.807) is 10.9 Å². The van der Waals surface area contributed by atoms with Gasteiger partial charge >= 0.3 is 0 Å². The summed E-state index contributed by atoms with van der Waals surface area (Å²) in [5.74, 6) is 0.459. The molecule has 1 aliphatic rings. The summed E-state index contributed by atoms with van der Waals surface area (Å²) in [5, 5.41) is 9.98. The van der Waals surface area contributed by atoms with Crippen LogP contribution in [0.1, 0.15) is 44.5 Å². The van der Waals surface area contributed by atoms with Gasteiger partial charge in [0.15, 0.2) is 5.65 Å². The molecule has 4 aromatic rings. The molecular formula is C23H27N7OS. The zero-order chi connectivity index (χ0) is 22.5. The number of rotatable bonds is 4. The van der Waals surface area contributed by atoms with Gasteiger partial charge in [0, 0.05) is 35.8 Å². The zero-order valence-electron chi connectivity index (χ0n) is 18.8. The highest BCUT2D eigenvalue weighted by molar-refractivity contribution is 7.12. The Labute approximate surface area is 190 Å². The van der Waals surface area contributed by atoms with E-state index in [2.05, 4.69) is 48.5 Å². The topological polar surface area (TPSA) is 89.7 Å². The first-order valence-electron chi connectivity index (χ1n) is 10.9. The molecule has 5 rings (SSSR count). The van der Waals surface area contributed by atoms with Crippen molar-refractivity contribution >= 4 is 34.0 Å². The Morgan fingerprint density at radius 1 is 1.22 bits per heavy atom. The van der Waals surface area contributed by atoms with E-state index in [9.17, 15) is 4.79 Å².